The van der Waals surface area contributed by atoms with Gasteiger partial charge < -0.3 is 19.7 Å². The normalized spacial score (nSPS) is 23.7. The minimum Gasteiger partial charge on any atom is -0.394 e. The summed E-state index contributed by atoms with van der Waals surface area (Å²) in [5.41, 5.74) is 1.55. The molecule has 2 unspecified atom stereocenters. The van der Waals surface area contributed by atoms with Gasteiger partial charge in [-0.3, -0.25) is 0 Å². The Labute approximate surface area is 104 Å². The van der Waals surface area contributed by atoms with E-state index >= 15 is 0 Å². The maximum Gasteiger partial charge on any atom is 0.165 e. The zero-order chi connectivity index (χ0) is 12.5. The van der Waals surface area contributed by atoms with Gasteiger partial charge in [-0.05, 0) is 6.42 Å². The molecule has 7 heteroatoms. The van der Waals surface area contributed by atoms with Crippen LogP contribution in [0.5, 0.6) is 0 Å². The van der Waals surface area contributed by atoms with Crippen molar-refractivity contribution >= 4 is 17.0 Å². The van der Waals surface area contributed by atoms with Crippen LogP contribution in [0.4, 0.5) is 5.82 Å². The lowest BCUT2D eigenvalue weighted by atomic mass is 10.2. The van der Waals surface area contributed by atoms with Gasteiger partial charge in [0.15, 0.2) is 11.5 Å². The number of fused-ring (bicyclic) bond motifs is 1. The van der Waals surface area contributed by atoms with E-state index in [0.717, 1.165) is 23.4 Å². The first-order valence-electron chi connectivity index (χ1n) is 5.91. The Balaban J connectivity index is 1.98. The lowest BCUT2D eigenvalue weighted by Gasteiger charge is -2.10. The van der Waals surface area contributed by atoms with E-state index in [1.165, 1.54) is 6.33 Å². The molecule has 3 rings (SSSR count). The van der Waals surface area contributed by atoms with Crippen LogP contribution < -0.4 is 5.32 Å². The van der Waals surface area contributed by atoms with E-state index in [1.54, 1.807) is 13.4 Å². The van der Waals surface area contributed by atoms with Crippen LogP contribution in [-0.4, -0.2) is 51.0 Å². The minimum absolute atomic E-state index is 0.0554. The fourth-order valence-electron chi connectivity index (χ4n) is 2.31. The Morgan fingerprint density at radius 1 is 1.50 bits per heavy atom. The number of nitrogens with zero attached hydrogens (tertiary/aromatic N) is 4. The van der Waals surface area contributed by atoms with Crippen LogP contribution in [0.3, 0.4) is 0 Å². The van der Waals surface area contributed by atoms with Crippen LogP contribution in [0.2, 0.25) is 0 Å². The molecular weight excluding hydrogens is 234 g/mol. The zero-order valence-electron chi connectivity index (χ0n) is 10.1. The van der Waals surface area contributed by atoms with Crippen molar-refractivity contribution in [2.45, 2.75) is 18.6 Å². The molecular formula is C11H15N5O2. The van der Waals surface area contributed by atoms with Gasteiger partial charge in [0.05, 0.1) is 31.7 Å². The number of imidazole rings is 1. The smallest absolute Gasteiger partial charge is 0.165 e. The predicted octanol–water partition coefficient (Wildman–Crippen LogP) is 0.190. The topological polar surface area (TPSA) is 85.1 Å². The number of aliphatic hydroxyl groups excluding tert-OH is 1. The molecule has 1 fully saturated rings. The summed E-state index contributed by atoms with van der Waals surface area (Å²) in [4.78, 5) is 12.7. The molecule has 2 aromatic rings. The number of hydrogen-bond acceptors (Lipinski definition) is 6. The molecule has 1 aliphatic heterocycles. The van der Waals surface area contributed by atoms with Gasteiger partial charge in [0.2, 0.25) is 0 Å². The molecule has 0 amide bonds. The molecule has 0 saturated carbocycles. The van der Waals surface area contributed by atoms with Crippen molar-refractivity contribution in [2.24, 2.45) is 0 Å². The Hall–Kier alpha value is -1.73. The first kappa shape index (κ1) is 11.4. The average molecular weight is 249 g/mol. The van der Waals surface area contributed by atoms with Crippen LogP contribution in [-0.2, 0) is 4.74 Å². The summed E-state index contributed by atoms with van der Waals surface area (Å²) in [6.07, 6.45) is 3.97. The summed E-state index contributed by atoms with van der Waals surface area (Å²) >= 11 is 0. The van der Waals surface area contributed by atoms with Crippen molar-refractivity contribution in [3.05, 3.63) is 12.7 Å². The summed E-state index contributed by atoms with van der Waals surface area (Å²) < 4.78 is 7.48. The first-order valence-corrected chi connectivity index (χ1v) is 5.91. The highest BCUT2D eigenvalue weighted by Gasteiger charge is 2.27. The number of rotatable bonds is 3. The molecule has 3 heterocycles. The van der Waals surface area contributed by atoms with Gasteiger partial charge in [0.1, 0.15) is 11.8 Å². The Kier molecular flexibility index (Phi) is 2.85. The lowest BCUT2D eigenvalue weighted by molar-refractivity contribution is 0.0576. The van der Waals surface area contributed by atoms with Crippen LogP contribution >= 0.6 is 0 Å². The zero-order valence-corrected chi connectivity index (χ0v) is 10.1. The fraction of sp³-hybridized carbons (Fsp3) is 0.545. The molecule has 96 valence electrons. The monoisotopic (exact) mass is 249 g/mol. The van der Waals surface area contributed by atoms with E-state index in [2.05, 4.69) is 20.3 Å². The van der Waals surface area contributed by atoms with E-state index in [0.29, 0.717) is 6.61 Å². The van der Waals surface area contributed by atoms with Gasteiger partial charge >= 0.3 is 0 Å². The SMILES string of the molecule is CNc1ncnc2c1ncn2C1COC(CO)C1. The number of nitrogens with one attached hydrogen (secondary N) is 1. The van der Waals surface area contributed by atoms with E-state index < -0.39 is 0 Å². The molecule has 1 saturated heterocycles. The van der Waals surface area contributed by atoms with Crippen LogP contribution in [0.15, 0.2) is 12.7 Å². The second kappa shape index (κ2) is 4.51. The average Bonchev–Trinajstić information content (AvgIpc) is 3.03. The van der Waals surface area contributed by atoms with Crippen molar-refractivity contribution in [3.63, 3.8) is 0 Å². The highest BCUT2D eigenvalue weighted by Crippen LogP contribution is 2.28. The second-order valence-electron chi connectivity index (χ2n) is 4.32. The van der Waals surface area contributed by atoms with Gasteiger partial charge in [-0.2, -0.15) is 0 Å². The first-order chi connectivity index (χ1) is 8.83. The Morgan fingerprint density at radius 3 is 3.11 bits per heavy atom. The second-order valence-corrected chi connectivity index (χ2v) is 4.32. The van der Waals surface area contributed by atoms with Crippen molar-refractivity contribution in [3.8, 4) is 0 Å². The number of hydrogen-bond donors (Lipinski definition) is 2. The van der Waals surface area contributed by atoms with E-state index in [1.807, 2.05) is 4.57 Å². The summed E-state index contributed by atoms with van der Waals surface area (Å²) in [6.45, 7) is 0.634. The standard InChI is InChI=1S/C11H15N5O2/c1-12-10-9-11(14-5-13-10)16(6-15-9)7-2-8(3-17)18-4-7/h5-8,17H,2-4H2,1H3,(H,12,13,14). The van der Waals surface area contributed by atoms with Gasteiger partial charge in [-0.1, -0.05) is 0 Å². The maximum absolute atomic E-state index is 9.09. The van der Waals surface area contributed by atoms with Crippen LogP contribution in [0, 0.1) is 0 Å². The highest BCUT2D eigenvalue weighted by molar-refractivity contribution is 5.82. The molecule has 0 aromatic carbocycles. The quantitative estimate of drug-likeness (QED) is 0.807. The summed E-state index contributed by atoms with van der Waals surface area (Å²) in [7, 11) is 1.81. The van der Waals surface area contributed by atoms with Crippen molar-refractivity contribution < 1.29 is 9.84 Å². The third-order valence-electron chi connectivity index (χ3n) is 3.25. The molecule has 0 spiro atoms. The number of ether oxygens (including phenoxy) is 1. The molecule has 0 bridgehead atoms. The van der Waals surface area contributed by atoms with Gasteiger partial charge in [-0.25, -0.2) is 15.0 Å². The number of aromatic nitrogens is 4. The van der Waals surface area contributed by atoms with E-state index in [9.17, 15) is 0 Å². The van der Waals surface area contributed by atoms with Crippen molar-refractivity contribution in [1.29, 1.82) is 0 Å². The van der Waals surface area contributed by atoms with Crippen LogP contribution in [0.1, 0.15) is 12.5 Å². The molecule has 7 nitrogen and oxygen atoms in total. The molecule has 2 atom stereocenters. The predicted molar refractivity (Wildman–Crippen MR) is 65.3 cm³/mol. The lowest BCUT2D eigenvalue weighted by Crippen LogP contribution is -2.11. The third kappa shape index (κ3) is 1.72. The molecule has 1 aliphatic rings. The fourth-order valence-corrected chi connectivity index (χ4v) is 2.31. The number of anilines is 1. The molecule has 2 aromatic heterocycles. The summed E-state index contributed by atoms with van der Waals surface area (Å²) in [5, 5.41) is 12.1. The van der Waals surface area contributed by atoms with Crippen LogP contribution in [0.25, 0.3) is 11.2 Å². The summed E-state index contributed by atoms with van der Waals surface area (Å²) in [6, 6.07) is 0.173. The van der Waals surface area contributed by atoms with Crippen molar-refractivity contribution in [2.75, 3.05) is 25.6 Å². The van der Waals surface area contributed by atoms with E-state index in [4.69, 9.17) is 9.84 Å². The van der Waals surface area contributed by atoms with E-state index in [-0.39, 0.29) is 18.8 Å². The maximum atomic E-state index is 9.09. The largest absolute Gasteiger partial charge is 0.394 e. The molecule has 18 heavy (non-hydrogen) atoms. The Morgan fingerprint density at radius 2 is 2.39 bits per heavy atom. The number of aliphatic hydroxyl groups is 1. The van der Waals surface area contributed by atoms with Gasteiger partial charge in [0.25, 0.3) is 0 Å². The molecule has 0 aliphatic carbocycles. The third-order valence-corrected chi connectivity index (χ3v) is 3.25. The summed E-state index contributed by atoms with van der Waals surface area (Å²) in [5.74, 6) is 0.719. The molecule has 2 N–H and O–H groups in total. The molecule has 0 radical (unpaired) electrons. The van der Waals surface area contributed by atoms with Gasteiger partial charge in [-0.15, -0.1) is 0 Å². The van der Waals surface area contributed by atoms with Crippen molar-refractivity contribution in [1.82, 2.24) is 19.5 Å². The minimum atomic E-state index is -0.0851. The Bertz CT molecular complexity index is 555. The highest BCUT2D eigenvalue weighted by atomic mass is 16.5. The van der Waals surface area contributed by atoms with Gasteiger partial charge in [0, 0.05) is 7.05 Å².